The summed E-state index contributed by atoms with van der Waals surface area (Å²) in [6, 6.07) is 16.7. The lowest BCUT2D eigenvalue weighted by Crippen LogP contribution is -2.52. The van der Waals surface area contributed by atoms with Crippen molar-refractivity contribution in [2.75, 3.05) is 13.1 Å². The number of imide groups is 1. The Morgan fingerprint density at radius 1 is 0.878 bits per heavy atom. The van der Waals surface area contributed by atoms with Crippen LogP contribution in [0.4, 0.5) is 8.78 Å². The van der Waals surface area contributed by atoms with Crippen LogP contribution in [0.2, 0.25) is 0 Å². The van der Waals surface area contributed by atoms with Gasteiger partial charge in [0, 0.05) is 30.2 Å². The number of amides is 3. The quantitative estimate of drug-likeness (QED) is 0.425. The number of ether oxygens (including phenoxy) is 1. The average molecular weight is 560 g/mol. The number of benzene rings is 3. The first-order chi connectivity index (χ1) is 19.8. The fourth-order valence-corrected chi connectivity index (χ4v) is 6.09. The van der Waals surface area contributed by atoms with Crippen molar-refractivity contribution in [3.63, 3.8) is 0 Å². The third-order valence-electron chi connectivity index (χ3n) is 8.31. The molecule has 0 aromatic heterocycles. The van der Waals surface area contributed by atoms with E-state index in [0.29, 0.717) is 24.3 Å². The summed E-state index contributed by atoms with van der Waals surface area (Å²) in [5.41, 5.74) is 4.18. The van der Waals surface area contributed by atoms with Gasteiger partial charge in [0.1, 0.15) is 30.0 Å². The number of nitrogens with one attached hydrogen (secondary N) is 1. The molecule has 3 aromatic carbocycles. The molecule has 0 spiro atoms. The Bertz CT molecular complexity index is 1460. The van der Waals surface area contributed by atoms with Crippen LogP contribution >= 0.6 is 0 Å². The molecular weight excluding hydrogens is 528 g/mol. The van der Waals surface area contributed by atoms with E-state index >= 15 is 0 Å². The minimum absolute atomic E-state index is 0.168. The lowest BCUT2D eigenvalue weighted by atomic mass is 9.89. The molecule has 3 aliphatic rings. The summed E-state index contributed by atoms with van der Waals surface area (Å²) < 4.78 is 33.4. The largest absolute Gasteiger partial charge is 0.489 e. The van der Waals surface area contributed by atoms with Crippen LogP contribution in [0.5, 0.6) is 5.75 Å². The zero-order valence-electron chi connectivity index (χ0n) is 22.6. The van der Waals surface area contributed by atoms with Crippen molar-refractivity contribution < 1.29 is 27.9 Å². The van der Waals surface area contributed by atoms with Crippen LogP contribution in [0.25, 0.3) is 0 Å². The number of piperidine rings is 2. The van der Waals surface area contributed by atoms with Crippen molar-refractivity contribution in [2.24, 2.45) is 0 Å². The molecule has 1 atom stereocenters. The average Bonchev–Trinajstić information content (AvgIpc) is 3.29. The number of likely N-dealkylation sites (tertiary alicyclic amines) is 1. The fraction of sp³-hybridized carbons (Fsp3) is 0.344. The lowest BCUT2D eigenvalue weighted by molar-refractivity contribution is -0.136. The van der Waals surface area contributed by atoms with Gasteiger partial charge in [0.15, 0.2) is 0 Å². The molecule has 3 aromatic rings. The Morgan fingerprint density at radius 2 is 1.59 bits per heavy atom. The first-order valence-electron chi connectivity index (χ1n) is 14.0. The van der Waals surface area contributed by atoms with Crippen LogP contribution in [0.15, 0.2) is 60.7 Å². The standard InChI is InChI=1S/C32H31F2N3O4/c33-24-14-23(15-25(34)16-24)22-10-12-36(13-11-22)17-20-4-6-21(7-5-20)19-41-29-3-1-2-26-27(29)18-37(32(26)40)28-8-9-30(38)35-31(28)39/h1-7,14-16,22,28H,8-13,17-19H2,(H,35,38,39). The zero-order chi connectivity index (χ0) is 28.5. The first kappa shape index (κ1) is 27.1. The molecule has 41 heavy (non-hydrogen) atoms. The van der Waals surface area contributed by atoms with Gasteiger partial charge in [0.25, 0.3) is 5.91 Å². The molecule has 212 valence electrons. The highest BCUT2D eigenvalue weighted by Gasteiger charge is 2.40. The molecule has 6 rings (SSSR count). The van der Waals surface area contributed by atoms with E-state index in [1.54, 1.807) is 12.1 Å². The Kier molecular flexibility index (Phi) is 7.53. The molecule has 3 amide bonds. The molecule has 2 saturated heterocycles. The second-order valence-corrected chi connectivity index (χ2v) is 11.0. The Hall–Kier alpha value is -4.11. The molecule has 0 bridgehead atoms. The van der Waals surface area contributed by atoms with E-state index in [2.05, 4.69) is 22.3 Å². The topological polar surface area (TPSA) is 79.0 Å². The third kappa shape index (κ3) is 5.86. The Morgan fingerprint density at radius 3 is 2.29 bits per heavy atom. The predicted octanol–water partition coefficient (Wildman–Crippen LogP) is 4.68. The normalized spacial score (nSPS) is 19.8. The van der Waals surface area contributed by atoms with Gasteiger partial charge in [-0.2, -0.15) is 0 Å². The van der Waals surface area contributed by atoms with Crippen LogP contribution in [0.1, 0.15) is 64.2 Å². The number of fused-ring (bicyclic) bond motifs is 1. The van der Waals surface area contributed by atoms with Crippen LogP contribution in [-0.4, -0.2) is 46.7 Å². The molecule has 3 aliphatic heterocycles. The van der Waals surface area contributed by atoms with E-state index < -0.39 is 23.6 Å². The maximum atomic E-state index is 13.6. The smallest absolute Gasteiger partial charge is 0.255 e. The Labute approximate surface area is 237 Å². The Balaban J connectivity index is 1.03. The van der Waals surface area contributed by atoms with Gasteiger partial charge in [-0.05, 0) is 79.2 Å². The summed E-state index contributed by atoms with van der Waals surface area (Å²) >= 11 is 0. The summed E-state index contributed by atoms with van der Waals surface area (Å²) in [7, 11) is 0. The summed E-state index contributed by atoms with van der Waals surface area (Å²) in [6.45, 7) is 3.12. The van der Waals surface area contributed by atoms with E-state index in [0.717, 1.165) is 55.2 Å². The van der Waals surface area contributed by atoms with Gasteiger partial charge in [-0.3, -0.25) is 24.6 Å². The highest BCUT2D eigenvalue weighted by molar-refractivity contribution is 6.05. The van der Waals surface area contributed by atoms with E-state index in [9.17, 15) is 23.2 Å². The number of halogens is 2. The third-order valence-corrected chi connectivity index (χ3v) is 8.31. The van der Waals surface area contributed by atoms with E-state index in [4.69, 9.17) is 4.74 Å². The molecule has 1 unspecified atom stereocenters. The first-order valence-corrected chi connectivity index (χ1v) is 14.0. The second kappa shape index (κ2) is 11.4. The SMILES string of the molecule is O=C1CCC(N2Cc3c(OCc4ccc(CN5CCC(c6cc(F)cc(F)c6)CC5)cc4)cccc3C2=O)C(=O)N1. The van der Waals surface area contributed by atoms with Gasteiger partial charge in [0.05, 0.1) is 6.54 Å². The monoisotopic (exact) mass is 559 g/mol. The van der Waals surface area contributed by atoms with Crippen LogP contribution in [0, 0.1) is 11.6 Å². The van der Waals surface area contributed by atoms with Gasteiger partial charge in [-0.1, -0.05) is 30.3 Å². The summed E-state index contributed by atoms with van der Waals surface area (Å²) in [5, 5.41) is 2.33. The van der Waals surface area contributed by atoms with E-state index in [-0.39, 0.29) is 30.7 Å². The van der Waals surface area contributed by atoms with Crippen LogP contribution in [-0.2, 0) is 29.3 Å². The summed E-state index contributed by atoms with van der Waals surface area (Å²) in [6.07, 6.45) is 2.25. The van der Waals surface area contributed by atoms with Gasteiger partial charge < -0.3 is 9.64 Å². The van der Waals surface area contributed by atoms with E-state index in [1.807, 2.05) is 18.2 Å². The number of carbonyl (C=O) groups is 3. The van der Waals surface area contributed by atoms with Gasteiger partial charge >= 0.3 is 0 Å². The minimum atomic E-state index is -0.664. The molecule has 0 saturated carbocycles. The predicted molar refractivity (Wildman–Crippen MR) is 147 cm³/mol. The van der Waals surface area contributed by atoms with Crippen molar-refractivity contribution in [3.05, 3.63) is 100 Å². The van der Waals surface area contributed by atoms with Crippen molar-refractivity contribution in [2.45, 2.75) is 57.3 Å². The molecule has 2 fully saturated rings. The van der Waals surface area contributed by atoms with Crippen molar-refractivity contribution in [1.29, 1.82) is 0 Å². The molecule has 1 N–H and O–H groups in total. The molecule has 7 nitrogen and oxygen atoms in total. The van der Waals surface area contributed by atoms with Gasteiger partial charge in [-0.15, -0.1) is 0 Å². The van der Waals surface area contributed by atoms with E-state index in [1.165, 1.54) is 22.6 Å². The maximum absolute atomic E-state index is 13.6. The van der Waals surface area contributed by atoms with Crippen LogP contribution < -0.4 is 10.1 Å². The number of hydrogen-bond acceptors (Lipinski definition) is 5. The molecule has 3 heterocycles. The minimum Gasteiger partial charge on any atom is -0.489 e. The van der Waals surface area contributed by atoms with Crippen LogP contribution in [0.3, 0.4) is 0 Å². The summed E-state index contributed by atoms with van der Waals surface area (Å²) in [5.74, 6) is -1.24. The van der Waals surface area contributed by atoms with Gasteiger partial charge in [0.2, 0.25) is 11.8 Å². The zero-order valence-corrected chi connectivity index (χ0v) is 22.6. The molecule has 0 radical (unpaired) electrons. The van der Waals surface area contributed by atoms with Crippen molar-refractivity contribution >= 4 is 17.7 Å². The fourth-order valence-electron chi connectivity index (χ4n) is 6.09. The number of hydrogen-bond donors (Lipinski definition) is 1. The lowest BCUT2D eigenvalue weighted by Gasteiger charge is -2.32. The highest BCUT2D eigenvalue weighted by atomic mass is 19.1. The molecule has 0 aliphatic carbocycles. The molecular formula is C32H31F2N3O4. The van der Waals surface area contributed by atoms with Crippen molar-refractivity contribution in [3.8, 4) is 5.75 Å². The van der Waals surface area contributed by atoms with Gasteiger partial charge in [-0.25, -0.2) is 8.78 Å². The second-order valence-electron chi connectivity index (χ2n) is 11.0. The summed E-state index contributed by atoms with van der Waals surface area (Å²) in [4.78, 5) is 40.8. The number of nitrogens with zero attached hydrogens (tertiary/aromatic N) is 2. The number of rotatable bonds is 7. The maximum Gasteiger partial charge on any atom is 0.255 e. The highest BCUT2D eigenvalue weighted by Crippen LogP contribution is 2.34. The van der Waals surface area contributed by atoms with Crippen molar-refractivity contribution in [1.82, 2.24) is 15.1 Å². The number of carbonyl (C=O) groups excluding carboxylic acids is 3. The molecule has 9 heteroatoms.